The van der Waals surface area contributed by atoms with E-state index in [0.29, 0.717) is 11.6 Å². The maximum Gasteiger partial charge on any atom is 0.145 e. The fourth-order valence-electron chi connectivity index (χ4n) is 3.75. The Morgan fingerprint density at radius 1 is 1.14 bits per heavy atom. The highest BCUT2D eigenvalue weighted by Gasteiger charge is 2.21. The van der Waals surface area contributed by atoms with E-state index in [-0.39, 0.29) is 0 Å². The molecular weight excluding hydrogens is 350 g/mol. The summed E-state index contributed by atoms with van der Waals surface area (Å²) in [5.74, 6) is 1.73. The molecule has 0 atom stereocenters. The highest BCUT2D eigenvalue weighted by Crippen LogP contribution is 2.32. The molecule has 0 bridgehead atoms. The maximum atomic E-state index is 8.92. The second kappa shape index (κ2) is 7.73. The summed E-state index contributed by atoms with van der Waals surface area (Å²) >= 11 is 0. The molecule has 1 fully saturated rings. The van der Waals surface area contributed by atoms with Crippen LogP contribution in [0.5, 0.6) is 5.75 Å². The lowest BCUT2D eigenvalue weighted by molar-refractivity contribution is 0.419. The first-order valence-corrected chi connectivity index (χ1v) is 9.49. The van der Waals surface area contributed by atoms with Crippen molar-refractivity contribution >= 4 is 22.4 Å². The predicted molar refractivity (Wildman–Crippen MR) is 111 cm³/mol. The van der Waals surface area contributed by atoms with Crippen LogP contribution in [0.3, 0.4) is 0 Å². The number of nitrogens with one attached hydrogen (secondary N) is 1. The van der Waals surface area contributed by atoms with E-state index in [0.717, 1.165) is 59.7 Å². The molecule has 1 aromatic carbocycles. The Morgan fingerprint density at radius 3 is 2.64 bits per heavy atom. The number of methoxy groups -OCH3 is 1. The molecule has 1 aliphatic heterocycles. The van der Waals surface area contributed by atoms with Crippen LogP contribution in [0.15, 0.2) is 42.7 Å². The number of benzene rings is 1. The summed E-state index contributed by atoms with van der Waals surface area (Å²) in [6.45, 7) is 3.95. The van der Waals surface area contributed by atoms with Crippen LogP contribution < -0.4 is 15.0 Å². The molecule has 28 heavy (non-hydrogen) atoms. The van der Waals surface area contributed by atoms with Crippen LogP contribution in [0.25, 0.3) is 10.9 Å². The molecule has 6 heteroatoms. The largest absolute Gasteiger partial charge is 0.494 e. The van der Waals surface area contributed by atoms with Crippen molar-refractivity contribution in [2.75, 3.05) is 30.4 Å². The van der Waals surface area contributed by atoms with Gasteiger partial charge in [-0.2, -0.15) is 5.26 Å². The van der Waals surface area contributed by atoms with Gasteiger partial charge in [-0.3, -0.25) is 4.98 Å². The van der Waals surface area contributed by atoms with Crippen molar-refractivity contribution in [3.05, 3.63) is 53.9 Å². The molecule has 0 unspecified atom stereocenters. The number of hydrogen-bond donors (Lipinski definition) is 1. The van der Waals surface area contributed by atoms with Crippen LogP contribution in [0.4, 0.5) is 11.5 Å². The molecule has 1 N–H and O–H groups in total. The van der Waals surface area contributed by atoms with Crippen molar-refractivity contribution in [3.63, 3.8) is 0 Å². The average Bonchev–Trinajstić information content (AvgIpc) is 2.76. The van der Waals surface area contributed by atoms with Crippen molar-refractivity contribution < 1.29 is 4.74 Å². The topological polar surface area (TPSA) is 74.1 Å². The lowest BCUT2D eigenvalue weighted by atomic mass is 10.0. The molecule has 0 amide bonds. The first kappa shape index (κ1) is 18.1. The van der Waals surface area contributed by atoms with Crippen molar-refractivity contribution in [3.8, 4) is 11.8 Å². The van der Waals surface area contributed by atoms with Crippen molar-refractivity contribution in [2.45, 2.75) is 25.8 Å². The third-order valence-electron chi connectivity index (χ3n) is 5.31. The van der Waals surface area contributed by atoms with Crippen molar-refractivity contribution in [1.82, 2.24) is 9.97 Å². The van der Waals surface area contributed by atoms with E-state index < -0.39 is 0 Å². The number of para-hydroxylation sites is 1. The van der Waals surface area contributed by atoms with Gasteiger partial charge >= 0.3 is 0 Å². The Kier molecular flexibility index (Phi) is 4.98. The third kappa shape index (κ3) is 3.44. The minimum absolute atomic E-state index is 0.394. The maximum absolute atomic E-state index is 8.92. The predicted octanol–water partition coefficient (Wildman–Crippen LogP) is 3.90. The number of nitrogens with zero attached hydrogens (tertiary/aromatic N) is 4. The highest BCUT2D eigenvalue weighted by molar-refractivity contribution is 5.96. The number of nitriles is 1. The van der Waals surface area contributed by atoms with E-state index in [9.17, 15) is 0 Å². The van der Waals surface area contributed by atoms with Crippen LogP contribution in [0.2, 0.25) is 0 Å². The minimum Gasteiger partial charge on any atom is -0.494 e. The van der Waals surface area contributed by atoms with Crippen LogP contribution in [-0.4, -0.2) is 36.2 Å². The Morgan fingerprint density at radius 2 is 1.96 bits per heavy atom. The number of pyridine rings is 2. The van der Waals surface area contributed by atoms with Gasteiger partial charge in [0.05, 0.1) is 12.7 Å². The third-order valence-corrected chi connectivity index (χ3v) is 5.31. The van der Waals surface area contributed by atoms with E-state index in [1.165, 1.54) is 0 Å². The van der Waals surface area contributed by atoms with Crippen molar-refractivity contribution in [2.24, 2.45) is 0 Å². The first-order chi connectivity index (χ1) is 13.7. The van der Waals surface area contributed by atoms with Crippen LogP contribution in [0.1, 0.15) is 24.0 Å². The lowest BCUT2D eigenvalue weighted by Gasteiger charge is -2.34. The van der Waals surface area contributed by atoms with Gasteiger partial charge in [0.15, 0.2) is 0 Å². The van der Waals surface area contributed by atoms with Gasteiger partial charge in [-0.05, 0) is 43.5 Å². The molecule has 0 spiro atoms. The molecule has 1 saturated heterocycles. The lowest BCUT2D eigenvalue weighted by Crippen LogP contribution is -2.39. The monoisotopic (exact) mass is 373 g/mol. The molecule has 6 nitrogen and oxygen atoms in total. The van der Waals surface area contributed by atoms with Crippen LogP contribution in [0, 0.1) is 18.3 Å². The quantitative estimate of drug-likeness (QED) is 0.748. The number of piperidine rings is 1. The summed E-state index contributed by atoms with van der Waals surface area (Å²) in [6, 6.07) is 12.3. The Balaban J connectivity index is 1.49. The molecule has 0 radical (unpaired) electrons. The Bertz CT molecular complexity index is 1020. The number of fused-ring (bicyclic) bond motifs is 1. The Labute approximate surface area is 164 Å². The summed E-state index contributed by atoms with van der Waals surface area (Å²) in [5, 5.41) is 13.8. The van der Waals surface area contributed by atoms with E-state index in [1.807, 2.05) is 30.5 Å². The summed E-state index contributed by atoms with van der Waals surface area (Å²) in [6.07, 6.45) is 5.59. The summed E-state index contributed by atoms with van der Waals surface area (Å²) in [4.78, 5) is 11.3. The second-order valence-corrected chi connectivity index (χ2v) is 7.10. The van der Waals surface area contributed by atoms with Crippen LogP contribution in [-0.2, 0) is 0 Å². The molecule has 3 aromatic rings. The number of anilines is 2. The number of aromatic nitrogens is 2. The summed E-state index contributed by atoms with van der Waals surface area (Å²) in [7, 11) is 1.68. The van der Waals surface area contributed by atoms with Gasteiger partial charge in [0, 0.05) is 42.6 Å². The molecule has 2 aromatic heterocycles. The SMILES string of the molecule is COc1cccc2c(NC3CCN(c4ccc(C#N)cn4)CC3)c(C)cnc12. The van der Waals surface area contributed by atoms with Gasteiger partial charge in [0.25, 0.3) is 0 Å². The normalized spacial score (nSPS) is 14.7. The fraction of sp³-hybridized carbons (Fsp3) is 0.318. The van der Waals surface area contributed by atoms with Gasteiger partial charge < -0.3 is 15.0 Å². The molecule has 142 valence electrons. The minimum atomic E-state index is 0.394. The molecule has 4 rings (SSSR count). The standard InChI is InChI=1S/C22H23N5O/c1-15-13-25-22-18(4-3-5-19(22)28-2)21(15)26-17-8-10-27(11-9-17)20-7-6-16(12-23)14-24-20/h3-7,13-14,17H,8-11H2,1-2H3,(H,25,26). The zero-order valence-electron chi connectivity index (χ0n) is 16.1. The summed E-state index contributed by atoms with van der Waals surface area (Å²) < 4.78 is 5.47. The van der Waals surface area contributed by atoms with E-state index >= 15 is 0 Å². The van der Waals surface area contributed by atoms with Gasteiger partial charge in [-0.15, -0.1) is 0 Å². The smallest absolute Gasteiger partial charge is 0.145 e. The van der Waals surface area contributed by atoms with Gasteiger partial charge in [-0.1, -0.05) is 12.1 Å². The number of rotatable bonds is 4. The second-order valence-electron chi connectivity index (χ2n) is 7.10. The van der Waals surface area contributed by atoms with Crippen molar-refractivity contribution in [1.29, 1.82) is 5.26 Å². The van der Waals surface area contributed by atoms with Gasteiger partial charge in [0.1, 0.15) is 23.2 Å². The highest BCUT2D eigenvalue weighted by atomic mass is 16.5. The van der Waals surface area contributed by atoms with E-state index in [2.05, 4.69) is 39.2 Å². The van der Waals surface area contributed by atoms with E-state index in [1.54, 1.807) is 13.3 Å². The number of aryl methyl sites for hydroxylation is 1. The van der Waals surface area contributed by atoms with E-state index in [4.69, 9.17) is 10.00 Å². The zero-order valence-corrected chi connectivity index (χ0v) is 16.1. The van der Waals surface area contributed by atoms with Gasteiger partial charge in [0.2, 0.25) is 0 Å². The van der Waals surface area contributed by atoms with Gasteiger partial charge in [-0.25, -0.2) is 4.98 Å². The first-order valence-electron chi connectivity index (χ1n) is 9.49. The number of hydrogen-bond acceptors (Lipinski definition) is 6. The molecule has 1 aliphatic rings. The molecule has 0 aliphatic carbocycles. The molecule has 0 saturated carbocycles. The fourth-order valence-corrected chi connectivity index (χ4v) is 3.75. The molecular formula is C22H23N5O. The summed E-state index contributed by atoms with van der Waals surface area (Å²) in [5.41, 5.74) is 3.75. The Hall–Kier alpha value is -3.33. The number of ether oxygens (including phenoxy) is 1. The average molecular weight is 373 g/mol. The van der Waals surface area contributed by atoms with Crippen LogP contribution >= 0.6 is 0 Å². The zero-order chi connectivity index (χ0) is 19.5. The molecule has 3 heterocycles.